The highest BCUT2D eigenvalue weighted by Crippen LogP contribution is 2.32. The minimum atomic E-state index is -0.904. The second-order valence-corrected chi connectivity index (χ2v) is 3.15. The molecule has 5 nitrogen and oxygen atoms in total. The average Bonchev–Trinajstić information content (AvgIpc) is 2.17. The molecule has 0 fully saturated rings. The van der Waals surface area contributed by atoms with Crippen molar-refractivity contribution >= 4 is 5.91 Å². The van der Waals surface area contributed by atoms with Gasteiger partial charge in [-0.15, -0.1) is 0 Å². The van der Waals surface area contributed by atoms with Gasteiger partial charge in [-0.1, -0.05) is 0 Å². The summed E-state index contributed by atoms with van der Waals surface area (Å²) in [4.78, 5) is 11.0. The number of benzene rings is 1. The summed E-state index contributed by atoms with van der Waals surface area (Å²) in [7, 11) is 1.42. The van der Waals surface area contributed by atoms with Gasteiger partial charge in [-0.25, -0.2) is 0 Å². The standard InChI is InChI=1S/C10H13NO4/c1-5(12)7-3-6(15-2)4-8(9(7)13)10(11)14/h3-5,12-13H,1-2H3,(H2,11,14). The molecule has 4 N–H and O–H groups in total. The summed E-state index contributed by atoms with van der Waals surface area (Å²) in [6.07, 6.45) is -0.904. The largest absolute Gasteiger partial charge is 0.507 e. The first-order valence-corrected chi connectivity index (χ1v) is 4.36. The SMILES string of the molecule is COc1cc(C(N)=O)c(O)c(C(C)O)c1. The molecule has 0 saturated heterocycles. The lowest BCUT2D eigenvalue weighted by molar-refractivity contribution is 0.0996. The maximum Gasteiger partial charge on any atom is 0.252 e. The molecule has 0 heterocycles. The van der Waals surface area contributed by atoms with Crippen LogP contribution in [0.2, 0.25) is 0 Å². The monoisotopic (exact) mass is 211 g/mol. The number of nitrogens with two attached hydrogens (primary N) is 1. The minimum Gasteiger partial charge on any atom is -0.507 e. The van der Waals surface area contributed by atoms with Crippen LogP contribution in [0.25, 0.3) is 0 Å². The molecule has 0 aromatic heterocycles. The molecule has 82 valence electrons. The van der Waals surface area contributed by atoms with Crippen LogP contribution in [0.5, 0.6) is 11.5 Å². The van der Waals surface area contributed by atoms with Crippen molar-refractivity contribution < 1.29 is 19.7 Å². The van der Waals surface area contributed by atoms with Crippen molar-refractivity contribution in [2.24, 2.45) is 5.73 Å². The number of aromatic hydroxyl groups is 1. The molecular weight excluding hydrogens is 198 g/mol. The normalized spacial score (nSPS) is 12.2. The van der Waals surface area contributed by atoms with Crippen LogP contribution in [0, 0.1) is 0 Å². The Morgan fingerprint density at radius 2 is 2.13 bits per heavy atom. The quantitative estimate of drug-likeness (QED) is 0.680. The number of aliphatic hydroxyl groups is 1. The predicted molar refractivity (Wildman–Crippen MR) is 53.8 cm³/mol. The molecule has 5 heteroatoms. The van der Waals surface area contributed by atoms with E-state index in [2.05, 4.69) is 0 Å². The van der Waals surface area contributed by atoms with Gasteiger partial charge in [0.25, 0.3) is 5.91 Å². The first kappa shape index (κ1) is 11.3. The van der Waals surface area contributed by atoms with Gasteiger partial charge in [-0.2, -0.15) is 0 Å². The molecule has 1 unspecified atom stereocenters. The number of methoxy groups -OCH3 is 1. The van der Waals surface area contributed by atoms with Crippen molar-refractivity contribution in [1.29, 1.82) is 0 Å². The summed E-state index contributed by atoms with van der Waals surface area (Å²) < 4.78 is 4.92. The van der Waals surface area contributed by atoms with Gasteiger partial charge in [0.15, 0.2) is 0 Å². The van der Waals surface area contributed by atoms with E-state index in [1.54, 1.807) is 0 Å². The van der Waals surface area contributed by atoms with Crippen molar-refractivity contribution in [1.82, 2.24) is 0 Å². The van der Waals surface area contributed by atoms with E-state index in [9.17, 15) is 15.0 Å². The third-order valence-corrected chi connectivity index (χ3v) is 2.06. The van der Waals surface area contributed by atoms with E-state index in [-0.39, 0.29) is 16.9 Å². The summed E-state index contributed by atoms with van der Waals surface area (Å²) in [5.41, 5.74) is 5.22. The van der Waals surface area contributed by atoms with Crippen molar-refractivity contribution in [2.45, 2.75) is 13.0 Å². The topological polar surface area (TPSA) is 92.8 Å². The number of carbonyl (C=O) groups excluding carboxylic acids is 1. The zero-order valence-electron chi connectivity index (χ0n) is 8.52. The van der Waals surface area contributed by atoms with Gasteiger partial charge in [-0.05, 0) is 19.1 Å². The lowest BCUT2D eigenvalue weighted by atomic mass is 10.0. The molecule has 0 aliphatic rings. The lowest BCUT2D eigenvalue weighted by Crippen LogP contribution is -2.12. The fourth-order valence-electron chi connectivity index (χ4n) is 1.25. The van der Waals surface area contributed by atoms with E-state index in [0.717, 1.165) is 0 Å². The molecule has 1 rings (SSSR count). The molecule has 0 bridgehead atoms. The molecule has 15 heavy (non-hydrogen) atoms. The van der Waals surface area contributed by atoms with Gasteiger partial charge >= 0.3 is 0 Å². The molecule has 1 aromatic carbocycles. The smallest absolute Gasteiger partial charge is 0.252 e. The number of hydrogen-bond acceptors (Lipinski definition) is 4. The first-order valence-electron chi connectivity index (χ1n) is 4.36. The number of ether oxygens (including phenoxy) is 1. The number of amides is 1. The highest BCUT2D eigenvalue weighted by Gasteiger charge is 2.17. The van der Waals surface area contributed by atoms with Gasteiger partial charge in [0.05, 0.1) is 18.8 Å². The van der Waals surface area contributed by atoms with Crippen LogP contribution in [0.15, 0.2) is 12.1 Å². The maximum atomic E-state index is 11.0. The van der Waals surface area contributed by atoms with E-state index in [1.807, 2.05) is 0 Å². The van der Waals surface area contributed by atoms with E-state index >= 15 is 0 Å². The van der Waals surface area contributed by atoms with Crippen molar-refractivity contribution in [3.63, 3.8) is 0 Å². The van der Waals surface area contributed by atoms with Crippen LogP contribution in [-0.2, 0) is 0 Å². The number of rotatable bonds is 3. The summed E-state index contributed by atoms with van der Waals surface area (Å²) in [6.45, 7) is 1.47. The Morgan fingerprint density at radius 3 is 2.53 bits per heavy atom. The van der Waals surface area contributed by atoms with Crippen molar-refractivity contribution in [3.05, 3.63) is 23.3 Å². The lowest BCUT2D eigenvalue weighted by Gasteiger charge is -2.12. The minimum absolute atomic E-state index is 0.0646. The zero-order valence-corrected chi connectivity index (χ0v) is 8.52. The van der Waals surface area contributed by atoms with Crippen LogP contribution in [0.3, 0.4) is 0 Å². The summed E-state index contributed by atoms with van der Waals surface area (Å²) in [5, 5.41) is 19.0. The Bertz CT molecular complexity index is 387. The Labute approximate surface area is 87.1 Å². The maximum absolute atomic E-state index is 11.0. The van der Waals surface area contributed by atoms with Crippen LogP contribution >= 0.6 is 0 Å². The Kier molecular flexibility index (Phi) is 3.16. The molecule has 0 aliphatic heterocycles. The average molecular weight is 211 g/mol. The third-order valence-electron chi connectivity index (χ3n) is 2.06. The summed E-state index contributed by atoms with van der Waals surface area (Å²) >= 11 is 0. The molecule has 1 atom stereocenters. The van der Waals surface area contributed by atoms with Crippen molar-refractivity contribution in [2.75, 3.05) is 7.11 Å². The van der Waals surface area contributed by atoms with E-state index in [1.165, 1.54) is 26.2 Å². The molecule has 1 amide bonds. The fourth-order valence-corrected chi connectivity index (χ4v) is 1.25. The summed E-state index contributed by atoms with van der Waals surface area (Å²) in [5.74, 6) is -0.718. The Morgan fingerprint density at radius 1 is 1.53 bits per heavy atom. The second kappa shape index (κ2) is 4.18. The summed E-state index contributed by atoms with van der Waals surface area (Å²) in [6, 6.07) is 2.77. The molecule has 0 spiro atoms. The number of hydrogen-bond donors (Lipinski definition) is 3. The molecule has 0 radical (unpaired) electrons. The van der Waals surface area contributed by atoms with Crippen molar-refractivity contribution in [3.8, 4) is 11.5 Å². The van der Waals surface area contributed by atoms with Gasteiger partial charge < -0.3 is 20.7 Å². The number of aliphatic hydroxyl groups excluding tert-OH is 1. The predicted octanol–water partition coefficient (Wildman–Crippen LogP) is 0.553. The highest BCUT2D eigenvalue weighted by atomic mass is 16.5. The fraction of sp³-hybridized carbons (Fsp3) is 0.300. The number of carbonyl (C=O) groups is 1. The van der Waals surface area contributed by atoms with E-state index in [4.69, 9.17) is 10.5 Å². The van der Waals surface area contributed by atoms with Gasteiger partial charge in [0.2, 0.25) is 0 Å². The van der Waals surface area contributed by atoms with Crippen LogP contribution in [-0.4, -0.2) is 23.2 Å². The highest BCUT2D eigenvalue weighted by molar-refractivity contribution is 5.96. The molecular formula is C10H13NO4. The van der Waals surface area contributed by atoms with Gasteiger partial charge in [0, 0.05) is 5.56 Å². The van der Waals surface area contributed by atoms with Crippen LogP contribution < -0.4 is 10.5 Å². The zero-order chi connectivity index (χ0) is 11.6. The Balaban J connectivity index is 3.40. The molecule has 0 saturated carbocycles. The van der Waals surface area contributed by atoms with E-state index < -0.39 is 12.0 Å². The van der Waals surface area contributed by atoms with Crippen LogP contribution in [0.1, 0.15) is 28.9 Å². The molecule has 1 aromatic rings. The number of primary amides is 1. The number of phenols is 1. The van der Waals surface area contributed by atoms with Gasteiger partial charge in [-0.3, -0.25) is 4.79 Å². The van der Waals surface area contributed by atoms with Crippen LogP contribution in [0.4, 0.5) is 0 Å². The van der Waals surface area contributed by atoms with Gasteiger partial charge in [0.1, 0.15) is 11.5 Å². The Hall–Kier alpha value is -1.75. The second-order valence-electron chi connectivity index (χ2n) is 3.15. The first-order chi connectivity index (χ1) is 6.97. The van der Waals surface area contributed by atoms with E-state index in [0.29, 0.717) is 5.75 Å². The molecule has 0 aliphatic carbocycles. The third kappa shape index (κ3) is 2.19.